The van der Waals surface area contributed by atoms with E-state index in [-0.39, 0.29) is 24.9 Å². The summed E-state index contributed by atoms with van der Waals surface area (Å²) in [6.07, 6.45) is 7.10. The molecule has 1 heterocycles. The number of unbranched alkanes of at least 4 members (excludes halogenated alkanes) is 2. The van der Waals surface area contributed by atoms with Gasteiger partial charge in [0.05, 0.1) is 6.26 Å². The van der Waals surface area contributed by atoms with Crippen LogP contribution >= 0.6 is 0 Å². The molecule has 0 bridgehead atoms. The van der Waals surface area contributed by atoms with Gasteiger partial charge in [0, 0.05) is 31.7 Å². The van der Waals surface area contributed by atoms with Crippen LogP contribution in [0.1, 0.15) is 72.9 Å². The monoisotopic (exact) mass is 539 g/mol. The van der Waals surface area contributed by atoms with Crippen LogP contribution in [0.25, 0.3) is 0 Å². The maximum absolute atomic E-state index is 13.4. The third-order valence-electron chi connectivity index (χ3n) is 8.23. The first kappa shape index (κ1) is 28.3. The highest BCUT2D eigenvalue weighted by atomic mass is 32.2. The Balaban J connectivity index is 1.29. The van der Waals surface area contributed by atoms with E-state index in [4.69, 9.17) is 0 Å². The largest absolute Gasteiger partial charge is 0.340 e. The van der Waals surface area contributed by atoms with Crippen molar-refractivity contribution in [1.29, 1.82) is 0 Å². The first-order valence-corrected chi connectivity index (χ1v) is 15.6. The fourth-order valence-corrected chi connectivity index (χ4v) is 6.43. The Morgan fingerprint density at radius 1 is 0.974 bits per heavy atom. The lowest BCUT2D eigenvalue weighted by molar-refractivity contribution is -0.134. The van der Waals surface area contributed by atoms with Gasteiger partial charge >= 0.3 is 0 Å². The van der Waals surface area contributed by atoms with Crippen molar-refractivity contribution in [2.45, 2.75) is 64.3 Å². The molecule has 38 heavy (non-hydrogen) atoms. The third kappa shape index (κ3) is 7.23. The minimum atomic E-state index is -3.28. The molecule has 4 rings (SSSR count). The lowest BCUT2D eigenvalue weighted by Gasteiger charge is -2.35. The molecule has 1 aliphatic carbocycles. The van der Waals surface area contributed by atoms with Crippen molar-refractivity contribution in [1.82, 2.24) is 14.5 Å². The van der Waals surface area contributed by atoms with Gasteiger partial charge < -0.3 is 10.2 Å². The van der Waals surface area contributed by atoms with Crippen molar-refractivity contribution in [2.75, 3.05) is 32.4 Å². The van der Waals surface area contributed by atoms with E-state index in [0.29, 0.717) is 36.4 Å². The van der Waals surface area contributed by atoms with Gasteiger partial charge in [0.15, 0.2) is 0 Å². The van der Waals surface area contributed by atoms with E-state index in [1.165, 1.54) is 28.1 Å². The Bertz CT molecular complexity index is 1210. The molecule has 0 radical (unpaired) electrons. The molecule has 8 heteroatoms. The summed E-state index contributed by atoms with van der Waals surface area (Å²) in [6.45, 7) is 5.73. The second-order valence-electron chi connectivity index (χ2n) is 11.3. The number of rotatable bonds is 11. The molecule has 3 atom stereocenters. The second kappa shape index (κ2) is 12.0. The molecule has 0 unspecified atom stereocenters. The molecule has 2 aromatic carbocycles. The van der Waals surface area contributed by atoms with Gasteiger partial charge in [-0.1, -0.05) is 74.2 Å². The summed E-state index contributed by atoms with van der Waals surface area (Å²) in [7, 11) is -3.28. The Morgan fingerprint density at radius 2 is 1.63 bits per heavy atom. The standard InChI is InChI=1S/C30H41N3O4S/c1-23-13-15-24(16-14-23)26-22-30(26,2)17-9-5-8-12-27(31-28(34)25-10-6-4-7-11-25)29(35)32-18-20-33(21-19-32)38(3,36)37/h4,6-7,10-11,13-16,26-27H,5,8-9,12,17-22H2,1-3H3,(H,31,34)/t26-,27-,30+/m0/s1. The van der Waals surface area contributed by atoms with Crippen LogP contribution in [0.2, 0.25) is 0 Å². The van der Waals surface area contributed by atoms with Crippen LogP contribution in [0, 0.1) is 12.3 Å². The smallest absolute Gasteiger partial charge is 0.251 e. The average Bonchev–Trinajstić information content (AvgIpc) is 3.58. The van der Waals surface area contributed by atoms with E-state index in [2.05, 4.69) is 43.4 Å². The minimum absolute atomic E-state index is 0.129. The summed E-state index contributed by atoms with van der Waals surface area (Å²) in [4.78, 5) is 28.0. The number of benzene rings is 2. The van der Waals surface area contributed by atoms with Crippen molar-refractivity contribution < 1.29 is 18.0 Å². The van der Waals surface area contributed by atoms with Gasteiger partial charge in [0.25, 0.3) is 5.91 Å². The molecule has 1 N–H and O–H groups in total. The highest BCUT2D eigenvalue weighted by molar-refractivity contribution is 7.88. The molecule has 0 aromatic heterocycles. The van der Waals surface area contributed by atoms with Gasteiger partial charge in [-0.15, -0.1) is 0 Å². The molecule has 0 spiro atoms. The second-order valence-corrected chi connectivity index (χ2v) is 13.3. The maximum atomic E-state index is 13.4. The summed E-state index contributed by atoms with van der Waals surface area (Å²) < 4.78 is 25.1. The van der Waals surface area contributed by atoms with Gasteiger partial charge in [-0.05, 0) is 55.2 Å². The lowest BCUT2D eigenvalue weighted by Crippen LogP contribution is -2.55. The fraction of sp³-hybridized carbons (Fsp3) is 0.533. The maximum Gasteiger partial charge on any atom is 0.251 e. The summed E-state index contributed by atoms with van der Waals surface area (Å²) in [5.74, 6) is 0.245. The predicted molar refractivity (Wildman–Crippen MR) is 150 cm³/mol. The zero-order chi connectivity index (χ0) is 27.3. The highest BCUT2D eigenvalue weighted by Gasteiger charge is 2.49. The van der Waals surface area contributed by atoms with Crippen molar-refractivity contribution in [3.8, 4) is 0 Å². The number of carbonyl (C=O) groups excluding carboxylic acids is 2. The quantitative estimate of drug-likeness (QED) is 0.431. The van der Waals surface area contributed by atoms with E-state index in [1.54, 1.807) is 29.2 Å². The topological polar surface area (TPSA) is 86.8 Å². The number of nitrogens with one attached hydrogen (secondary N) is 1. The van der Waals surface area contributed by atoms with Crippen molar-refractivity contribution >= 4 is 21.8 Å². The number of sulfonamides is 1. The van der Waals surface area contributed by atoms with Crippen LogP contribution in [-0.4, -0.2) is 67.9 Å². The molecular weight excluding hydrogens is 498 g/mol. The van der Waals surface area contributed by atoms with Gasteiger partial charge in [0.2, 0.25) is 15.9 Å². The Morgan fingerprint density at radius 3 is 2.26 bits per heavy atom. The normalized spacial score (nSPS) is 22.6. The molecule has 2 aromatic rings. The van der Waals surface area contributed by atoms with E-state index < -0.39 is 16.1 Å². The number of amides is 2. The summed E-state index contributed by atoms with van der Waals surface area (Å²) in [6, 6.07) is 17.2. The predicted octanol–water partition coefficient (Wildman–Crippen LogP) is 4.34. The first-order chi connectivity index (χ1) is 18.1. The zero-order valence-corrected chi connectivity index (χ0v) is 23.7. The first-order valence-electron chi connectivity index (χ1n) is 13.7. The summed E-state index contributed by atoms with van der Waals surface area (Å²) in [5, 5.41) is 2.96. The number of carbonyl (C=O) groups is 2. The van der Waals surface area contributed by atoms with Crippen LogP contribution in [0.3, 0.4) is 0 Å². The van der Waals surface area contributed by atoms with E-state index in [9.17, 15) is 18.0 Å². The van der Waals surface area contributed by atoms with Gasteiger partial charge in [-0.3, -0.25) is 9.59 Å². The van der Waals surface area contributed by atoms with Gasteiger partial charge in [0.1, 0.15) is 6.04 Å². The van der Waals surface area contributed by atoms with Gasteiger partial charge in [-0.25, -0.2) is 8.42 Å². The number of hydrogen-bond donors (Lipinski definition) is 1. The Labute approximate surface area is 227 Å². The summed E-state index contributed by atoms with van der Waals surface area (Å²) in [5.41, 5.74) is 3.60. The number of aryl methyl sites for hydroxylation is 1. The highest BCUT2D eigenvalue weighted by Crippen LogP contribution is 2.61. The molecule has 1 saturated carbocycles. The molecule has 7 nitrogen and oxygen atoms in total. The van der Waals surface area contributed by atoms with Crippen molar-refractivity contribution in [3.63, 3.8) is 0 Å². The Kier molecular flexibility index (Phi) is 8.93. The van der Waals surface area contributed by atoms with Crippen LogP contribution < -0.4 is 5.32 Å². The van der Waals surface area contributed by atoms with E-state index in [0.717, 1.165) is 25.7 Å². The fourth-order valence-electron chi connectivity index (χ4n) is 5.61. The zero-order valence-electron chi connectivity index (χ0n) is 22.9. The molecule has 1 saturated heterocycles. The molecule has 2 fully saturated rings. The molecule has 2 aliphatic rings. The van der Waals surface area contributed by atoms with Crippen LogP contribution in [0.15, 0.2) is 54.6 Å². The molecule has 2 amide bonds. The number of nitrogens with zero attached hydrogens (tertiary/aromatic N) is 2. The molecular formula is C30H41N3O4S. The Hall–Kier alpha value is -2.71. The average molecular weight is 540 g/mol. The SMILES string of the molecule is Cc1ccc([C@@H]2C[C@@]2(C)CCCCC[C@H](NC(=O)c2ccccc2)C(=O)N2CCN(S(C)(=O)=O)CC2)cc1. The molecule has 1 aliphatic heterocycles. The van der Waals surface area contributed by atoms with Crippen LogP contribution in [0.4, 0.5) is 0 Å². The number of hydrogen-bond acceptors (Lipinski definition) is 4. The van der Waals surface area contributed by atoms with Crippen LogP contribution in [-0.2, 0) is 14.8 Å². The minimum Gasteiger partial charge on any atom is -0.340 e. The van der Waals surface area contributed by atoms with E-state index >= 15 is 0 Å². The van der Waals surface area contributed by atoms with Crippen LogP contribution in [0.5, 0.6) is 0 Å². The third-order valence-corrected chi connectivity index (χ3v) is 9.53. The molecule has 206 valence electrons. The van der Waals surface area contributed by atoms with E-state index in [1.807, 2.05) is 6.07 Å². The number of piperazine rings is 1. The van der Waals surface area contributed by atoms with Gasteiger partial charge in [-0.2, -0.15) is 4.31 Å². The summed E-state index contributed by atoms with van der Waals surface area (Å²) >= 11 is 0. The van der Waals surface area contributed by atoms with Crippen molar-refractivity contribution in [3.05, 3.63) is 71.3 Å². The van der Waals surface area contributed by atoms with Crippen molar-refractivity contribution in [2.24, 2.45) is 5.41 Å². The lowest BCUT2D eigenvalue weighted by atomic mass is 9.93.